The number of benzene rings is 1. The van der Waals surface area contributed by atoms with Crippen LogP contribution in [-0.4, -0.2) is 11.5 Å². The molecule has 1 unspecified atom stereocenters. The third-order valence-electron chi connectivity index (χ3n) is 2.79. The van der Waals surface area contributed by atoms with E-state index in [9.17, 15) is 8.78 Å². The number of nitrogens with zero attached hydrogens (tertiary/aromatic N) is 1. The first-order chi connectivity index (χ1) is 9.13. The number of hydrogen-bond acceptors (Lipinski definition) is 2. The Morgan fingerprint density at radius 3 is 2.74 bits per heavy atom. The maximum absolute atomic E-state index is 13.9. The third-order valence-corrected chi connectivity index (χ3v) is 3.11. The van der Waals surface area contributed by atoms with E-state index in [2.05, 4.69) is 10.3 Å². The van der Waals surface area contributed by atoms with E-state index in [1.54, 1.807) is 12.3 Å². The monoisotopic (exact) mass is 282 g/mol. The van der Waals surface area contributed by atoms with Crippen LogP contribution in [0.3, 0.4) is 0 Å². The molecule has 0 amide bonds. The molecule has 2 nitrogen and oxygen atoms in total. The van der Waals surface area contributed by atoms with Gasteiger partial charge in [-0.3, -0.25) is 4.98 Å². The van der Waals surface area contributed by atoms with Crippen molar-refractivity contribution in [3.05, 3.63) is 64.4 Å². The van der Waals surface area contributed by atoms with Gasteiger partial charge in [0.2, 0.25) is 0 Å². The Morgan fingerprint density at radius 2 is 2.05 bits per heavy atom. The highest BCUT2D eigenvalue weighted by molar-refractivity contribution is 6.31. The first kappa shape index (κ1) is 13.9. The van der Waals surface area contributed by atoms with Gasteiger partial charge >= 0.3 is 0 Å². The van der Waals surface area contributed by atoms with Crippen molar-refractivity contribution in [2.45, 2.75) is 13.0 Å². The smallest absolute Gasteiger partial charge is 0.128 e. The molecule has 0 spiro atoms. The van der Waals surface area contributed by atoms with Gasteiger partial charge in [0.25, 0.3) is 0 Å². The lowest BCUT2D eigenvalue weighted by Crippen LogP contribution is -2.23. The summed E-state index contributed by atoms with van der Waals surface area (Å²) < 4.78 is 27.2. The third kappa shape index (κ3) is 3.08. The minimum atomic E-state index is -0.504. The highest BCUT2D eigenvalue weighted by Gasteiger charge is 2.20. The molecule has 2 rings (SSSR count). The molecular weight excluding hydrogens is 270 g/mol. The molecule has 0 saturated heterocycles. The second kappa shape index (κ2) is 6.08. The van der Waals surface area contributed by atoms with E-state index in [0.717, 1.165) is 12.1 Å². The molecule has 1 aromatic carbocycles. The van der Waals surface area contributed by atoms with E-state index in [1.165, 1.54) is 12.3 Å². The lowest BCUT2D eigenvalue weighted by atomic mass is 9.99. The van der Waals surface area contributed by atoms with E-state index in [4.69, 9.17) is 11.6 Å². The van der Waals surface area contributed by atoms with E-state index in [-0.39, 0.29) is 5.56 Å². The molecule has 1 N–H and O–H groups in total. The predicted octanol–water partition coefficient (Wildman–Crippen LogP) is 3.71. The number of nitrogens with one attached hydrogen (secondary N) is 1. The summed E-state index contributed by atoms with van der Waals surface area (Å²) in [5, 5.41) is 3.52. The van der Waals surface area contributed by atoms with Crippen LogP contribution in [0.5, 0.6) is 0 Å². The van der Waals surface area contributed by atoms with E-state index in [0.29, 0.717) is 17.1 Å². The highest BCUT2D eigenvalue weighted by atomic mass is 35.5. The molecule has 100 valence electrons. The summed E-state index contributed by atoms with van der Waals surface area (Å²) in [6, 6.07) is 4.58. The Labute approximate surface area is 115 Å². The van der Waals surface area contributed by atoms with Gasteiger partial charge in [0.05, 0.1) is 11.1 Å². The maximum atomic E-state index is 13.9. The minimum absolute atomic E-state index is 0.231. The fourth-order valence-corrected chi connectivity index (χ4v) is 2.18. The predicted molar refractivity (Wildman–Crippen MR) is 71.1 cm³/mol. The first-order valence-electron chi connectivity index (χ1n) is 5.91. The number of pyridine rings is 1. The molecule has 5 heteroatoms. The van der Waals surface area contributed by atoms with Crippen molar-refractivity contribution >= 4 is 11.6 Å². The van der Waals surface area contributed by atoms with Crippen molar-refractivity contribution in [1.29, 1.82) is 0 Å². The topological polar surface area (TPSA) is 24.9 Å². The number of hydrogen-bond donors (Lipinski definition) is 1. The van der Waals surface area contributed by atoms with E-state index in [1.807, 2.05) is 6.92 Å². The van der Waals surface area contributed by atoms with Gasteiger partial charge in [-0.2, -0.15) is 0 Å². The van der Waals surface area contributed by atoms with Gasteiger partial charge in [0.1, 0.15) is 11.6 Å². The molecule has 0 aliphatic heterocycles. The summed E-state index contributed by atoms with van der Waals surface area (Å²) in [6.45, 7) is 2.48. The second-order valence-corrected chi connectivity index (χ2v) is 4.46. The Bertz CT molecular complexity index is 575. The van der Waals surface area contributed by atoms with Crippen LogP contribution >= 0.6 is 11.6 Å². The van der Waals surface area contributed by atoms with Crippen LogP contribution in [0, 0.1) is 11.6 Å². The average Bonchev–Trinajstić information content (AvgIpc) is 2.40. The summed E-state index contributed by atoms with van der Waals surface area (Å²) in [6.07, 6.45) is 3.06. The second-order valence-electron chi connectivity index (χ2n) is 4.05. The van der Waals surface area contributed by atoms with Crippen molar-refractivity contribution in [3.63, 3.8) is 0 Å². The number of rotatable bonds is 4. The van der Waals surface area contributed by atoms with Gasteiger partial charge in [-0.15, -0.1) is 0 Å². The molecule has 2 aromatic rings. The average molecular weight is 283 g/mol. The zero-order valence-corrected chi connectivity index (χ0v) is 11.1. The normalized spacial score (nSPS) is 12.4. The van der Waals surface area contributed by atoms with Crippen molar-refractivity contribution in [2.75, 3.05) is 6.54 Å². The molecule has 0 aliphatic rings. The van der Waals surface area contributed by atoms with Gasteiger partial charge < -0.3 is 5.32 Å². The Hall–Kier alpha value is -1.52. The zero-order chi connectivity index (χ0) is 13.8. The molecule has 0 bridgehead atoms. The summed E-state index contributed by atoms with van der Waals surface area (Å²) in [5.74, 6) is -0.954. The van der Waals surface area contributed by atoms with Crippen LogP contribution in [0.2, 0.25) is 5.02 Å². The molecule has 0 saturated carbocycles. The summed E-state index contributed by atoms with van der Waals surface area (Å²) in [4.78, 5) is 3.89. The van der Waals surface area contributed by atoms with Crippen molar-refractivity contribution in [3.8, 4) is 0 Å². The Kier molecular flexibility index (Phi) is 4.45. The van der Waals surface area contributed by atoms with Crippen LogP contribution in [0.15, 0.2) is 36.7 Å². The lowest BCUT2D eigenvalue weighted by molar-refractivity contribution is 0.544. The Balaban J connectivity index is 2.51. The van der Waals surface area contributed by atoms with Gasteiger partial charge in [0, 0.05) is 18.0 Å². The van der Waals surface area contributed by atoms with Crippen molar-refractivity contribution < 1.29 is 8.78 Å². The zero-order valence-electron chi connectivity index (χ0n) is 10.3. The molecule has 0 aliphatic carbocycles. The largest absolute Gasteiger partial charge is 0.306 e. The summed E-state index contributed by atoms with van der Waals surface area (Å²) in [7, 11) is 0. The van der Waals surface area contributed by atoms with E-state index < -0.39 is 17.7 Å². The molecule has 0 fully saturated rings. The van der Waals surface area contributed by atoms with Crippen LogP contribution < -0.4 is 5.32 Å². The molecule has 1 heterocycles. The van der Waals surface area contributed by atoms with Crippen molar-refractivity contribution in [1.82, 2.24) is 10.3 Å². The van der Waals surface area contributed by atoms with Crippen LogP contribution in [0.1, 0.15) is 24.1 Å². The maximum Gasteiger partial charge on any atom is 0.128 e. The quantitative estimate of drug-likeness (QED) is 0.925. The SMILES string of the molecule is CCNC(c1cc(F)ccc1F)c1ccncc1Cl. The number of aromatic nitrogens is 1. The summed E-state index contributed by atoms with van der Waals surface area (Å²) >= 11 is 6.08. The molecule has 0 radical (unpaired) electrons. The standard InChI is InChI=1S/C14H13ClF2N2/c1-2-19-14(10-5-6-18-8-12(10)15)11-7-9(16)3-4-13(11)17/h3-8,14,19H,2H2,1H3. The minimum Gasteiger partial charge on any atom is -0.306 e. The van der Waals surface area contributed by atoms with Crippen LogP contribution in [-0.2, 0) is 0 Å². The van der Waals surface area contributed by atoms with Gasteiger partial charge in [0.15, 0.2) is 0 Å². The van der Waals surface area contributed by atoms with E-state index >= 15 is 0 Å². The van der Waals surface area contributed by atoms with Crippen LogP contribution in [0.25, 0.3) is 0 Å². The van der Waals surface area contributed by atoms with Gasteiger partial charge in [-0.1, -0.05) is 18.5 Å². The van der Waals surface area contributed by atoms with Crippen molar-refractivity contribution in [2.24, 2.45) is 0 Å². The van der Waals surface area contributed by atoms with Crippen LogP contribution in [0.4, 0.5) is 8.78 Å². The molecule has 1 aromatic heterocycles. The molecule has 19 heavy (non-hydrogen) atoms. The molecular formula is C14H13ClF2N2. The lowest BCUT2D eigenvalue weighted by Gasteiger charge is -2.20. The fraction of sp³-hybridized carbons (Fsp3) is 0.214. The summed E-state index contributed by atoms with van der Waals surface area (Å²) in [5.41, 5.74) is 0.901. The Morgan fingerprint density at radius 1 is 1.26 bits per heavy atom. The molecule has 1 atom stereocenters. The van der Waals surface area contributed by atoms with Gasteiger partial charge in [-0.25, -0.2) is 8.78 Å². The first-order valence-corrected chi connectivity index (χ1v) is 6.29. The van der Waals surface area contributed by atoms with Gasteiger partial charge in [-0.05, 0) is 36.4 Å². The highest BCUT2D eigenvalue weighted by Crippen LogP contribution is 2.29. The number of halogens is 3. The fourth-order valence-electron chi connectivity index (χ4n) is 1.95.